The molecular weight excluding hydrogens is 232 g/mol. The number of rotatable bonds is 4. The molecule has 0 fully saturated rings. The molecule has 14 heteroatoms. The van der Waals surface area contributed by atoms with Crippen LogP contribution in [-0.2, 0) is 9.68 Å². The number of nitrogens with zero attached hydrogens (tertiary/aromatic N) is 6. The lowest BCUT2D eigenvalue weighted by Gasteiger charge is -2.23. The third kappa shape index (κ3) is 2.75. The van der Waals surface area contributed by atoms with Crippen LogP contribution in [-0.4, -0.2) is 22.1 Å². The Bertz CT molecular complexity index is 327. The molecule has 88 valence electrons. The predicted molar refractivity (Wildman–Crippen MR) is 39.7 cm³/mol. The van der Waals surface area contributed by atoms with Gasteiger partial charge in [0, 0.05) is 0 Å². The summed E-state index contributed by atoms with van der Waals surface area (Å²) >= 11 is 0. The van der Waals surface area contributed by atoms with Gasteiger partial charge in [-0.15, -0.1) is 40.7 Å². The summed E-state index contributed by atoms with van der Waals surface area (Å²) in [4.78, 5) is 27.4. The third-order valence-corrected chi connectivity index (χ3v) is 1.09. The van der Waals surface area contributed by atoms with E-state index in [4.69, 9.17) is 11.5 Å². The molecule has 1 aliphatic rings. The van der Waals surface area contributed by atoms with Crippen molar-refractivity contribution < 1.29 is 19.8 Å². The van der Waals surface area contributed by atoms with Gasteiger partial charge in [0.05, 0.1) is 0 Å². The molecule has 0 saturated heterocycles. The summed E-state index contributed by atoms with van der Waals surface area (Å²) in [5.74, 6) is -5.04. The second-order valence-electron chi connectivity index (χ2n) is 2.35. The second-order valence-corrected chi connectivity index (χ2v) is 2.35. The Morgan fingerprint density at radius 2 is 1.12 bits per heavy atom. The Labute approximate surface area is 85.1 Å². The third-order valence-electron chi connectivity index (χ3n) is 1.09. The average Bonchev–Trinajstić information content (AvgIpc) is 2.09. The fourth-order valence-electron chi connectivity index (χ4n) is 0.619. The molecule has 4 N–H and O–H groups in total. The maximum absolute atomic E-state index is 9.94. The molecule has 0 atom stereocenters. The molecule has 0 aromatic heterocycles. The van der Waals surface area contributed by atoms with E-state index in [0.717, 1.165) is 0 Å². The molecule has 0 aromatic rings. The van der Waals surface area contributed by atoms with Crippen molar-refractivity contribution in [2.45, 2.75) is 11.9 Å². The van der Waals surface area contributed by atoms with Crippen LogP contribution in [0.4, 0.5) is 0 Å². The van der Waals surface area contributed by atoms with Gasteiger partial charge in [0.1, 0.15) is 0 Å². The van der Waals surface area contributed by atoms with Crippen molar-refractivity contribution in [3.8, 4) is 0 Å². The smallest absolute Gasteiger partial charge is 0.262 e. The van der Waals surface area contributed by atoms with E-state index >= 15 is 0 Å². The van der Waals surface area contributed by atoms with Gasteiger partial charge in [-0.25, -0.2) is 9.68 Å². The monoisotopic (exact) mass is 236 g/mol. The Kier molecular flexibility index (Phi) is 2.60. The number of hydrogen-bond donors (Lipinski definition) is 2. The van der Waals surface area contributed by atoms with Gasteiger partial charge in [-0.05, 0) is 0 Å². The molecule has 0 saturated carbocycles. The summed E-state index contributed by atoms with van der Waals surface area (Å²) in [6.45, 7) is 0. The first-order chi connectivity index (χ1) is 7.25. The summed E-state index contributed by atoms with van der Waals surface area (Å²) in [5.41, 5.74) is 10.1. The maximum atomic E-state index is 9.94. The highest BCUT2D eigenvalue weighted by atomic mass is 17.0. The largest absolute Gasteiger partial charge is 0.392 e. The first-order valence-electron chi connectivity index (χ1n) is 3.38. The molecule has 1 rings (SSSR count). The number of azo groups is 2. The average molecular weight is 236 g/mol. The Hall–Kier alpha value is -2.48. The number of nitrogens with two attached hydrogens (primary N) is 2. The van der Waals surface area contributed by atoms with Crippen LogP contribution in [0.2, 0.25) is 0 Å². The normalized spacial score (nSPS) is 32.1. The van der Waals surface area contributed by atoms with E-state index in [9.17, 15) is 20.2 Å². The van der Waals surface area contributed by atoms with E-state index in [-0.39, 0.29) is 0 Å². The second kappa shape index (κ2) is 3.59. The zero-order valence-electron chi connectivity index (χ0n) is 7.29. The van der Waals surface area contributed by atoms with E-state index in [1.807, 2.05) is 0 Å². The number of hydrogen-bond acceptors (Lipinski definition) is 12. The van der Waals surface area contributed by atoms with Gasteiger partial charge in [0.2, 0.25) is 0 Å². The Balaban J connectivity index is 2.78. The van der Waals surface area contributed by atoms with Gasteiger partial charge in [0.15, 0.2) is 0 Å². The molecule has 16 heavy (non-hydrogen) atoms. The molecule has 0 radical (unpaired) electrons. The van der Waals surface area contributed by atoms with Crippen molar-refractivity contribution in [1.82, 2.24) is 0 Å². The highest BCUT2D eigenvalue weighted by molar-refractivity contribution is 4.72. The molecule has 0 unspecified atom stereocenters. The van der Waals surface area contributed by atoms with Crippen LogP contribution < -0.4 is 11.5 Å². The van der Waals surface area contributed by atoms with Gasteiger partial charge >= 0.3 is 22.1 Å². The highest BCUT2D eigenvalue weighted by Crippen LogP contribution is 2.21. The van der Waals surface area contributed by atoms with Crippen LogP contribution in [0, 0.1) is 20.2 Å². The molecule has 0 bridgehead atoms. The van der Waals surface area contributed by atoms with Crippen LogP contribution in [0.15, 0.2) is 20.5 Å². The molecule has 14 nitrogen and oxygen atoms in total. The molecule has 0 spiro atoms. The first kappa shape index (κ1) is 11.6. The molecule has 0 aliphatic carbocycles. The molecule has 0 aromatic carbocycles. The van der Waals surface area contributed by atoms with Crippen LogP contribution in [0.5, 0.6) is 0 Å². The SMILES string of the molecule is NC1(O[N+](=O)[O-])N=NC(N)(O[N+](=O)[O-])N=N1. The Morgan fingerprint density at radius 1 is 0.875 bits per heavy atom. The summed E-state index contributed by atoms with van der Waals surface area (Å²) in [5, 5.41) is 29.0. The first-order valence-corrected chi connectivity index (χ1v) is 3.38. The quantitative estimate of drug-likeness (QED) is 0.331. The minimum atomic E-state index is -2.52. The van der Waals surface area contributed by atoms with E-state index in [1.54, 1.807) is 0 Å². The topological polar surface area (TPSA) is 206 Å². The fraction of sp³-hybridized carbons (Fsp3) is 1.00. The van der Waals surface area contributed by atoms with Gasteiger partial charge in [-0.1, -0.05) is 0 Å². The van der Waals surface area contributed by atoms with E-state index in [0.29, 0.717) is 0 Å². The molecule has 1 aliphatic heterocycles. The van der Waals surface area contributed by atoms with Crippen molar-refractivity contribution in [3.63, 3.8) is 0 Å². The van der Waals surface area contributed by atoms with E-state index < -0.39 is 22.1 Å². The lowest BCUT2D eigenvalue weighted by Crippen LogP contribution is -2.48. The van der Waals surface area contributed by atoms with Gasteiger partial charge in [0.25, 0.3) is 0 Å². The van der Waals surface area contributed by atoms with Gasteiger partial charge in [-0.3, -0.25) is 11.5 Å². The van der Waals surface area contributed by atoms with Crippen LogP contribution in [0.3, 0.4) is 0 Å². The van der Waals surface area contributed by atoms with E-state index in [2.05, 4.69) is 30.1 Å². The van der Waals surface area contributed by atoms with Gasteiger partial charge < -0.3 is 0 Å². The minimum Gasteiger partial charge on any atom is -0.262 e. The zero-order valence-corrected chi connectivity index (χ0v) is 7.29. The minimum absolute atomic E-state index is 1.30. The predicted octanol–water partition coefficient (Wildman–Crippen LogP) is -1.54. The molecule has 1 heterocycles. The van der Waals surface area contributed by atoms with Crippen LogP contribution in [0.1, 0.15) is 0 Å². The standard InChI is InChI=1S/C2H4N8O6/c3-1(15-9(11)12)5-7-2(4,8-6-1)16-10(13)14/h3-4H2. The van der Waals surface area contributed by atoms with Crippen LogP contribution >= 0.6 is 0 Å². The van der Waals surface area contributed by atoms with E-state index in [1.165, 1.54) is 0 Å². The fourth-order valence-corrected chi connectivity index (χ4v) is 0.619. The Morgan fingerprint density at radius 3 is 1.31 bits per heavy atom. The lowest BCUT2D eigenvalue weighted by atomic mass is 10.7. The highest BCUT2D eigenvalue weighted by Gasteiger charge is 2.40. The van der Waals surface area contributed by atoms with Crippen molar-refractivity contribution in [2.75, 3.05) is 0 Å². The molecular formula is C2H4N8O6. The van der Waals surface area contributed by atoms with Crippen molar-refractivity contribution >= 4 is 0 Å². The summed E-state index contributed by atoms with van der Waals surface area (Å²) < 4.78 is 0. The lowest BCUT2D eigenvalue weighted by molar-refractivity contribution is -0.787. The summed E-state index contributed by atoms with van der Waals surface area (Å²) in [6, 6.07) is 0. The summed E-state index contributed by atoms with van der Waals surface area (Å²) in [6.07, 6.45) is 0. The van der Waals surface area contributed by atoms with Crippen molar-refractivity contribution in [3.05, 3.63) is 20.2 Å². The molecule has 0 amide bonds. The van der Waals surface area contributed by atoms with Crippen molar-refractivity contribution in [2.24, 2.45) is 31.9 Å². The van der Waals surface area contributed by atoms with Crippen molar-refractivity contribution in [1.29, 1.82) is 0 Å². The van der Waals surface area contributed by atoms with Gasteiger partial charge in [-0.2, -0.15) is 0 Å². The summed E-state index contributed by atoms with van der Waals surface area (Å²) in [7, 11) is 0. The zero-order chi connectivity index (χ0) is 12.4. The maximum Gasteiger partial charge on any atom is 0.392 e. The van der Waals surface area contributed by atoms with Crippen LogP contribution in [0.25, 0.3) is 0 Å².